The summed E-state index contributed by atoms with van der Waals surface area (Å²) in [6.07, 6.45) is 0. The van der Waals surface area contributed by atoms with Crippen LogP contribution in [-0.2, 0) is 11.3 Å². The minimum absolute atomic E-state index is 0.408. The molecule has 13 heavy (non-hydrogen) atoms. The van der Waals surface area contributed by atoms with Crippen molar-refractivity contribution in [3.63, 3.8) is 0 Å². The maximum atomic E-state index is 5.03. The highest BCUT2D eigenvalue weighted by atomic mass is 16.5. The van der Waals surface area contributed by atoms with Crippen molar-refractivity contribution in [3.05, 3.63) is 35.9 Å². The van der Waals surface area contributed by atoms with Gasteiger partial charge in [-0.2, -0.15) is 0 Å². The Labute approximate surface area is 79.9 Å². The Kier molecular flexibility index (Phi) is 4.50. The Balaban J connectivity index is 2.27. The van der Waals surface area contributed by atoms with E-state index < -0.39 is 0 Å². The van der Waals surface area contributed by atoms with E-state index in [4.69, 9.17) is 4.74 Å². The monoisotopic (exact) mass is 179 g/mol. The molecule has 0 aliphatic carbocycles. The number of nitrogens with one attached hydrogen (secondary N) is 1. The molecule has 0 unspecified atom stereocenters. The van der Waals surface area contributed by atoms with Crippen LogP contribution in [0.5, 0.6) is 0 Å². The highest BCUT2D eigenvalue weighted by Crippen LogP contribution is 1.97. The molecule has 1 aromatic rings. The molecule has 0 fully saturated rings. The fraction of sp³-hybridized carbons (Fsp3) is 0.455. The molecule has 1 atom stereocenters. The molecule has 2 nitrogen and oxygen atoms in total. The molecule has 0 spiro atoms. The summed E-state index contributed by atoms with van der Waals surface area (Å²) in [6.45, 7) is 3.78. The van der Waals surface area contributed by atoms with E-state index in [0.717, 1.165) is 13.2 Å². The predicted octanol–water partition coefficient (Wildman–Crippen LogP) is 1.81. The van der Waals surface area contributed by atoms with Gasteiger partial charge in [0.15, 0.2) is 0 Å². The van der Waals surface area contributed by atoms with Gasteiger partial charge in [0.05, 0.1) is 6.61 Å². The third-order valence-corrected chi connectivity index (χ3v) is 1.91. The molecule has 1 aromatic carbocycles. The smallest absolute Gasteiger partial charge is 0.0613 e. The minimum atomic E-state index is 0.408. The first kappa shape index (κ1) is 10.2. The first-order valence-corrected chi connectivity index (χ1v) is 4.59. The van der Waals surface area contributed by atoms with E-state index in [9.17, 15) is 0 Å². The molecule has 2 heteroatoms. The lowest BCUT2D eigenvalue weighted by atomic mass is 10.2. The van der Waals surface area contributed by atoms with Crippen molar-refractivity contribution in [2.75, 3.05) is 13.7 Å². The fourth-order valence-corrected chi connectivity index (χ4v) is 1.20. The molecule has 1 rings (SSSR count). The highest BCUT2D eigenvalue weighted by molar-refractivity contribution is 5.14. The third-order valence-electron chi connectivity index (χ3n) is 1.91. The molecule has 0 aromatic heterocycles. The van der Waals surface area contributed by atoms with Crippen LogP contribution in [0.15, 0.2) is 30.3 Å². The molecule has 0 saturated carbocycles. The maximum Gasteiger partial charge on any atom is 0.0613 e. The molecule has 1 N–H and O–H groups in total. The summed E-state index contributed by atoms with van der Waals surface area (Å²) in [4.78, 5) is 0. The molecule has 0 radical (unpaired) electrons. The van der Waals surface area contributed by atoms with Crippen LogP contribution in [-0.4, -0.2) is 19.8 Å². The van der Waals surface area contributed by atoms with Crippen LogP contribution in [0.25, 0.3) is 0 Å². The van der Waals surface area contributed by atoms with Crippen molar-refractivity contribution in [2.45, 2.75) is 19.5 Å². The molecule has 0 aliphatic heterocycles. The molecule has 0 saturated heterocycles. The zero-order valence-corrected chi connectivity index (χ0v) is 8.29. The zero-order chi connectivity index (χ0) is 9.52. The van der Waals surface area contributed by atoms with E-state index in [1.165, 1.54) is 5.56 Å². The van der Waals surface area contributed by atoms with Crippen LogP contribution in [0, 0.1) is 0 Å². The first-order valence-electron chi connectivity index (χ1n) is 4.59. The Morgan fingerprint density at radius 1 is 1.31 bits per heavy atom. The van der Waals surface area contributed by atoms with Crippen LogP contribution < -0.4 is 5.32 Å². The highest BCUT2D eigenvalue weighted by Gasteiger charge is 1.99. The number of methoxy groups -OCH3 is 1. The second-order valence-corrected chi connectivity index (χ2v) is 3.22. The standard InChI is InChI=1S/C11H17NO/c1-10(9-13-2)12-8-11-6-4-3-5-7-11/h3-7,10,12H,8-9H2,1-2H3/t10-/m1/s1. The lowest BCUT2D eigenvalue weighted by Gasteiger charge is -2.12. The second-order valence-electron chi connectivity index (χ2n) is 3.22. The molecule has 0 amide bonds. The van der Waals surface area contributed by atoms with Gasteiger partial charge in [0.1, 0.15) is 0 Å². The normalized spacial score (nSPS) is 12.8. The van der Waals surface area contributed by atoms with Crippen molar-refractivity contribution in [1.82, 2.24) is 5.32 Å². The minimum Gasteiger partial charge on any atom is -0.383 e. The van der Waals surface area contributed by atoms with Gasteiger partial charge in [-0.3, -0.25) is 0 Å². The molecule has 0 heterocycles. The number of hydrogen-bond acceptors (Lipinski definition) is 2. The Morgan fingerprint density at radius 3 is 2.62 bits per heavy atom. The van der Waals surface area contributed by atoms with Crippen LogP contribution in [0.4, 0.5) is 0 Å². The summed E-state index contributed by atoms with van der Waals surface area (Å²) in [5, 5.41) is 3.37. The summed E-state index contributed by atoms with van der Waals surface area (Å²) in [7, 11) is 1.72. The molecule has 0 aliphatic rings. The molecule has 72 valence electrons. The summed E-state index contributed by atoms with van der Waals surface area (Å²) in [6, 6.07) is 10.8. The number of ether oxygens (including phenoxy) is 1. The third kappa shape index (κ3) is 4.06. The van der Waals surface area contributed by atoms with Crippen molar-refractivity contribution in [1.29, 1.82) is 0 Å². The summed E-state index contributed by atoms with van der Waals surface area (Å²) in [5.74, 6) is 0. The van der Waals surface area contributed by atoms with Gasteiger partial charge in [-0.05, 0) is 12.5 Å². The van der Waals surface area contributed by atoms with Gasteiger partial charge >= 0.3 is 0 Å². The van der Waals surface area contributed by atoms with Gasteiger partial charge in [-0.25, -0.2) is 0 Å². The maximum absolute atomic E-state index is 5.03. The largest absolute Gasteiger partial charge is 0.383 e. The van der Waals surface area contributed by atoms with Crippen LogP contribution in [0.2, 0.25) is 0 Å². The average molecular weight is 179 g/mol. The summed E-state index contributed by atoms with van der Waals surface area (Å²) in [5.41, 5.74) is 1.31. The van der Waals surface area contributed by atoms with Crippen LogP contribution in [0.1, 0.15) is 12.5 Å². The fourth-order valence-electron chi connectivity index (χ4n) is 1.20. The van der Waals surface area contributed by atoms with E-state index in [0.29, 0.717) is 6.04 Å². The Hall–Kier alpha value is -0.860. The number of benzene rings is 1. The second kappa shape index (κ2) is 5.73. The summed E-state index contributed by atoms with van der Waals surface area (Å²) < 4.78 is 5.03. The lowest BCUT2D eigenvalue weighted by Crippen LogP contribution is -2.29. The van der Waals surface area contributed by atoms with E-state index >= 15 is 0 Å². The lowest BCUT2D eigenvalue weighted by molar-refractivity contribution is 0.171. The van der Waals surface area contributed by atoms with Gasteiger partial charge in [-0.1, -0.05) is 30.3 Å². The van der Waals surface area contributed by atoms with E-state index in [1.807, 2.05) is 6.07 Å². The van der Waals surface area contributed by atoms with E-state index in [1.54, 1.807) is 7.11 Å². The van der Waals surface area contributed by atoms with Gasteiger partial charge in [0, 0.05) is 19.7 Å². The SMILES string of the molecule is COC[C@@H](C)NCc1ccccc1. The van der Waals surface area contributed by atoms with Crippen molar-refractivity contribution < 1.29 is 4.74 Å². The quantitative estimate of drug-likeness (QED) is 0.744. The molecular formula is C11H17NO. The van der Waals surface area contributed by atoms with Crippen molar-refractivity contribution in [2.24, 2.45) is 0 Å². The topological polar surface area (TPSA) is 21.3 Å². The van der Waals surface area contributed by atoms with E-state index in [-0.39, 0.29) is 0 Å². The Bertz CT molecular complexity index is 223. The first-order chi connectivity index (χ1) is 6.33. The average Bonchev–Trinajstić information content (AvgIpc) is 2.17. The van der Waals surface area contributed by atoms with Gasteiger partial charge in [0.2, 0.25) is 0 Å². The predicted molar refractivity (Wildman–Crippen MR) is 54.6 cm³/mol. The number of hydrogen-bond donors (Lipinski definition) is 1. The van der Waals surface area contributed by atoms with E-state index in [2.05, 4.69) is 36.5 Å². The Morgan fingerprint density at radius 2 is 2.00 bits per heavy atom. The van der Waals surface area contributed by atoms with Crippen molar-refractivity contribution >= 4 is 0 Å². The number of rotatable bonds is 5. The molecular weight excluding hydrogens is 162 g/mol. The van der Waals surface area contributed by atoms with Crippen LogP contribution >= 0.6 is 0 Å². The zero-order valence-electron chi connectivity index (χ0n) is 8.29. The summed E-state index contributed by atoms with van der Waals surface area (Å²) >= 11 is 0. The van der Waals surface area contributed by atoms with Gasteiger partial charge in [0.25, 0.3) is 0 Å². The van der Waals surface area contributed by atoms with Crippen molar-refractivity contribution in [3.8, 4) is 0 Å². The van der Waals surface area contributed by atoms with Gasteiger partial charge < -0.3 is 10.1 Å². The van der Waals surface area contributed by atoms with Crippen LogP contribution in [0.3, 0.4) is 0 Å². The van der Waals surface area contributed by atoms with Gasteiger partial charge in [-0.15, -0.1) is 0 Å². The molecule has 0 bridgehead atoms.